The van der Waals surface area contributed by atoms with Crippen molar-refractivity contribution in [2.75, 3.05) is 0 Å². The molecule has 0 atom stereocenters. The van der Waals surface area contributed by atoms with Crippen molar-refractivity contribution in [3.63, 3.8) is 0 Å². The highest BCUT2D eigenvalue weighted by atomic mass is 16.1. The van der Waals surface area contributed by atoms with Gasteiger partial charge in [-0.3, -0.25) is 4.79 Å². The molecular weight excluding hydrogens is 316 g/mol. The average Bonchev–Trinajstić information content (AvgIpc) is 2.68. The summed E-state index contributed by atoms with van der Waals surface area (Å²) in [4.78, 5) is 10.6. The van der Waals surface area contributed by atoms with Crippen LogP contribution in [0.25, 0.3) is 0 Å². The van der Waals surface area contributed by atoms with E-state index in [1.54, 1.807) is 0 Å². The van der Waals surface area contributed by atoms with Gasteiger partial charge >= 0.3 is 0 Å². The first kappa shape index (κ1) is 22.7. The number of hydrogen-bond acceptors (Lipinski definition) is 1. The van der Waals surface area contributed by atoms with Crippen LogP contribution in [-0.4, -0.2) is 6.29 Å². The van der Waals surface area contributed by atoms with Crippen LogP contribution in [0.5, 0.6) is 0 Å². The molecule has 0 saturated carbocycles. The zero-order valence-corrected chi connectivity index (χ0v) is 17.1. The number of aryl methyl sites for hydroxylation is 1. The van der Waals surface area contributed by atoms with E-state index in [-0.39, 0.29) is 0 Å². The van der Waals surface area contributed by atoms with Gasteiger partial charge in [0.15, 0.2) is 0 Å². The lowest BCUT2D eigenvalue weighted by Crippen LogP contribution is -1.87. The molecule has 0 aliphatic rings. The number of aldehydes is 1. The van der Waals surface area contributed by atoms with Crippen molar-refractivity contribution in [2.24, 2.45) is 0 Å². The van der Waals surface area contributed by atoms with Crippen LogP contribution in [0.15, 0.2) is 36.4 Å². The van der Waals surface area contributed by atoms with E-state index in [0.29, 0.717) is 0 Å². The summed E-state index contributed by atoms with van der Waals surface area (Å²) >= 11 is 0. The van der Waals surface area contributed by atoms with Gasteiger partial charge in [-0.1, -0.05) is 101 Å². The highest BCUT2D eigenvalue weighted by Crippen LogP contribution is 2.12. The molecule has 0 aliphatic carbocycles. The molecular formula is C25H40O. The van der Waals surface area contributed by atoms with Gasteiger partial charge in [0.25, 0.3) is 0 Å². The van der Waals surface area contributed by atoms with Crippen LogP contribution in [0.2, 0.25) is 0 Å². The van der Waals surface area contributed by atoms with Crippen molar-refractivity contribution in [1.29, 1.82) is 0 Å². The summed E-state index contributed by atoms with van der Waals surface area (Å²) in [7, 11) is 0. The highest BCUT2D eigenvalue weighted by molar-refractivity contribution is 5.74. The van der Waals surface area contributed by atoms with Gasteiger partial charge in [0, 0.05) is 5.56 Å². The van der Waals surface area contributed by atoms with Crippen LogP contribution in [-0.2, 0) is 6.42 Å². The molecule has 0 aliphatic heterocycles. The van der Waals surface area contributed by atoms with Gasteiger partial charge in [-0.15, -0.1) is 0 Å². The van der Waals surface area contributed by atoms with Gasteiger partial charge in [-0.25, -0.2) is 0 Å². The molecule has 0 spiro atoms. The molecule has 0 saturated heterocycles. The van der Waals surface area contributed by atoms with E-state index >= 15 is 0 Å². The number of hydrogen-bond donors (Lipinski definition) is 0. The number of carbonyl (C=O) groups is 1. The zero-order chi connectivity index (χ0) is 18.7. The summed E-state index contributed by atoms with van der Waals surface area (Å²) in [5.74, 6) is 0. The fourth-order valence-electron chi connectivity index (χ4n) is 3.34. The lowest BCUT2D eigenvalue weighted by molar-refractivity contribution is 0.112. The Morgan fingerprint density at radius 1 is 0.654 bits per heavy atom. The zero-order valence-electron chi connectivity index (χ0n) is 17.1. The molecule has 26 heavy (non-hydrogen) atoms. The standard InChI is InChI=1S/C25H40O/c1-2-3-4-5-6-7-8-9-10-11-12-13-14-15-16-17-18-24-19-21-25(23-26)22-20-24/h9-10,19-23H,2-8,11-18H2,1H3. The first-order chi connectivity index (χ1) is 12.9. The lowest BCUT2D eigenvalue weighted by Gasteiger charge is -2.02. The van der Waals surface area contributed by atoms with E-state index in [9.17, 15) is 4.79 Å². The van der Waals surface area contributed by atoms with E-state index in [0.717, 1.165) is 18.3 Å². The summed E-state index contributed by atoms with van der Waals surface area (Å²) < 4.78 is 0. The monoisotopic (exact) mass is 356 g/mol. The Morgan fingerprint density at radius 3 is 1.69 bits per heavy atom. The van der Waals surface area contributed by atoms with Crippen molar-refractivity contribution in [3.8, 4) is 0 Å². The number of carbonyl (C=O) groups excluding carboxylic acids is 1. The number of unbranched alkanes of at least 4 members (excludes halogenated alkanes) is 12. The summed E-state index contributed by atoms with van der Waals surface area (Å²) in [6.07, 6.45) is 25.8. The summed E-state index contributed by atoms with van der Waals surface area (Å²) in [5, 5.41) is 0. The maximum absolute atomic E-state index is 10.6. The molecule has 1 aromatic rings. The molecule has 0 N–H and O–H groups in total. The summed E-state index contributed by atoms with van der Waals surface area (Å²) in [6.45, 7) is 2.28. The fraction of sp³-hybridized carbons (Fsp3) is 0.640. The van der Waals surface area contributed by atoms with E-state index < -0.39 is 0 Å². The van der Waals surface area contributed by atoms with Crippen LogP contribution < -0.4 is 0 Å². The Balaban J connectivity index is 1.82. The number of allylic oxidation sites excluding steroid dienone is 2. The van der Waals surface area contributed by atoms with Gasteiger partial charge in [-0.2, -0.15) is 0 Å². The van der Waals surface area contributed by atoms with Crippen molar-refractivity contribution < 1.29 is 4.79 Å². The average molecular weight is 357 g/mol. The first-order valence-corrected chi connectivity index (χ1v) is 11.1. The predicted octanol–water partition coefficient (Wildman–Crippen LogP) is 8.08. The van der Waals surface area contributed by atoms with Crippen LogP contribution in [0.3, 0.4) is 0 Å². The molecule has 1 nitrogen and oxygen atoms in total. The van der Waals surface area contributed by atoms with Gasteiger partial charge in [0.2, 0.25) is 0 Å². The quantitative estimate of drug-likeness (QED) is 0.157. The third kappa shape index (κ3) is 12.9. The van der Waals surface area contributed by atoms with Gasteiger partial charge in [0.1, 0.15) is 6.29 Å². The number of rotatable bonds is 17. The molecule has 0 bridgehead atoms. The molecule has 0 radical (unpaired) electrons. The first-order valence-electron chi connectivity index (χ1n) is 11.1. The Labute approximate surface area is 162 Å². The fourth-order valence-corrected chi connectivity index (χ4v) is 3.34. The smallest absolute Gasteiger partial charge is 0.150 e. The SMILES string of the molecule is CCCCCCCCC=CCCCCCCCCc1ccc(C=O)cc1. The number of benzene rings is 1. The predicted molar refractivity (Wildman–Crippen MR) is 115 cm³/mol. The third-order valence-corrected chi connectivity index (χ3v) is 5.09. The van der Waals surface area contributed by atoms with E-state index in [1.165, 1.54) is 95.5 Å². The molecule has 0 aromatic heterocycles. The minimum absolute atomic E-state index is 0.773. The van der Waals surface area contributed by atoms with Crippen LogP contribution >= 0.6 is 0 Å². The molecule has 146 valence electrons. The Kier molecular flexibility index (Phi) is 14.9. The molecule has 0 heterocycles. The van der Waals surface area contributed by atoms with Crippen molar-refractivity contribution in [1.82, 2.24) is 0 Å². The topological polar surface area (TPSA) is 17.1 Å². The van der Waals surface area contributed by atoms with Crippen molar-refractivity contribution in [2.45, 2.75) is 103 Å². The molecule has 0 unspecified atom stereocenters. The molecule has 1 heteroatoms. The molecule has 1 rings (SSSR count). The van der Waals surface area contributed by atoms with Crippen molar-refractivity contribution in [3.05, 3.63) is 47.5 Å². The van der Waals surface area contributed by atoms with E-state index in [4.69, 9.17) is 0 Å². The van der Waals surface area contributed by atoms with Gasteiger partial charge < -0.3 is 0 Å². The van der Waals surface area contributed by atoms with E-state index in [2.05, 4.69) is 31.2 Å². The van der Waals surface area contributed by atoms with Gasteiger partial charge in [-0.05, 0) is 44.1 Å². The van der Waals surface area contributed by atoms with Gasteiger partial charge in [0.05, 0.1) is 0 Å². The maximum Gasteiger partial charge on any atom is 0.150 e. The Morgan fingerprint density at radius 2 is 1.15 bits per heavy atom. The molecule has 0 fully saturated rings. The van der Waals surface area contributed by atoms with E-state index in [1.807, 2.05) is 12.1 Å². The van der Waals surface area contributed by atoms with Crippen molar-refractivity contribution >= 4 is 6.29 Å². The Bertz CT molecular complexity index is 458. The van der Waals surface area contributed by atoms with Crippen LogP contribution in [0.1, 0.15) is 113 Å². The molecule has 0 amide bonds. The maximum atomic E-state index is 10.6. The summed E-state index contributed by atoms with van der Waals surface area (Å²) in [6, 6.07) is 8.01. The minimum Gasteiger partial charge on any atom is -0.298 e. The highest BCUT2D eigenvalue weighted by Gasteiger charge is 1.95. The normalized spacial score (nSPS) is 11.3. The van der Waals surface area contributed by atoms with Crippen LogP contribution in [0, 0.1) is 0 Å². The molecule has 1 aromatic carbocycles. The second kappa shape index (κ2) is 17.1. The lowest BCUT2D eigenvalue weighted by atomic mass is 10.0. The summed E-state index contributed by atoms with van der Waals surface area (Å²) in [5.41, 5.74) is 2.13. The second-order valence-electron chi connectivity index (χ2n) is 7.55. The third-order valence-electron chi connectivity index (χ3n) is 5.09. The Hall–Kier alpha value is -1.37. The van der Waals surface area contributed by atoms with Crippen LogP contribution in [0.4, 0.5) is 0 Å². The minimum atomic E-state index is 0.773. The second-order valence-corrected chi connectivity index (χ2v) is 7.55. The largest absolute Gasteiger partial charge is 0.298 e.